The lowest BCUT2D eigenvalue weighted by molar-refractivity contribution is -0.384. The van der Waals surface area contributed by atoms with Crippen molar-refractivity contribution in [1.29, 1.82) is 0 Å². The number of aryl methyl sites for hydroxylation is 1. The molecule has 1 saturated heterocycles. The summed E-state index contributed by atoms with van der Waals surface area (Å²) in [5.74, 6) is 0.841. The second kappa shape index (κ2) is 9.13. The standard InChI is InChI=1S/C21H20ClN5O4/c22-16-6-7-17(18(14-16)27(29)30)25-10-12-26(13-11-25)20(28)9-8-19-23-24-21(31-19)15-4-2-1-3-5-15/h1-7,14H,8-13H2. The number of nitrogens with zero attached hydrogens (tertiary/aromatic N) is 5. The van der Waals surface area contributed by atoms with Gasteiger partial charge in [-0.25, -0.2) is 0 Å². The fraction of sp³-hybridized carbons (Fsp3) is 0.286. The summed E-state index contributed by atoms with van der Waals surface area (Å²) < 4.78 is 5.65. The maximum Gasteiger partial charge on any atom is 0.294 e. The average Bonchev–Trinajstić information content (AvgIpc) is 3.27. The molecule has 1 aromatic heterocycles. The Balaban J connectivity index is 1.31. The van der Waals surface area contributed by atoms with Crippen LogP contribution >= 0.6 is 11.6 Å². The van der Waals surface area contributed by atoms with Crippen LogP contribution in [0.1, 0.15) is 12.3 Å². The van der Waals surface area contributed by atoms with Gasteiger partial charge in [0.25, 0.3) is 5.69 Å². The number of nitro groups is 1. The van der Waals surface area contributed by atoms with E-state index < -0.39 is 4.92 Å². The number of hydrogen-bond donors (Lipinski definition) is 0. The minimum Gasteiger partial charge on any atom is -0.421 e. The smallest absolute Gasteiger partial charge is 0.294 e. The van der Waals surface area contributed by atoms with Crippen LogP contribution in [0.2, 0.25) is 5.02 Å². The van der Waals surface area contributed by atoms with Crippen molar-refractivity contribution in [2.24, 2.45) is 0 Å². The Morgan fingerprint density at radius 3 is 2.55 bits per heavy atom. The number of rotatable bonds is 6. The first kappa shape index (κ1) is 20.8. The van der Waals surface area contributed by atoms with Gasteiger partial charge in [-0.15, -0.1) is 10.2 Å². The number of amides is 1. The number of halogens is 1. The Kier molecular flexibility index (Phi) is 6.13. The lowest BCUT2D eigenvalue weighted by atomic mass is 10.2. The number of anilines is 1. The largest absolute Gasteiger partial charge is 0.421 e. The van der Waals surface area contributed by atoms with Crippen LogP contribution in [0.3, 0.4) is 0 Å². The van der Waals surface area contributed by atoms with Gasteiger partial charge in [-0.05, 0) is 24.3 Å². The quantitative estimate of drug-likeness (QED) is 0.425. The fourth-order valence-electron chi connectivity index (χ4n) is 3.53. The van der Waals surface area contributed by atoms with Crippen LogP contribution in [0.25, 0.3) is 11.5 Å². The fourth-order valence-corrected chi connectivity index (χ4v) is 3.70. The molecule has 2 aromatic carbocycles. The highest BCUT2D eigenvalue weighted by Gasteiger charge is 2.26. The molecule has 0 aliphatic carbocycles. The third kappa shape index (κ3) is 4.83. The van der Waals surface area contributed by atoms with E-state index in [0.717, 1.165) is 5.56 Å². The Hall–Kier alpha value is -3.46. The molecule has 0 N–H and O–H groups in total. The molecule has 0 radical (unpaired) electrons. The predicted octanol–water partition coefficient (Wildman–Crippen LogP) is 3.58. The van der Waals surface area contributed by atoms with Crippen molar-refractivity contribution < 1.29 is 14.1 Å². The van der Waals surface area contributed by atoms with Crippen molar-refractivity contribution in [2.75, 3.05) is 31.1 Å². The molecule has 0 saturated carbocycles. The molecule has 10 heteroatoms. The van der Waals surface area contributed by atoms with Crippen molar-refractivity contribution in [3.05, 3.63) is 69.6 Å². The summed E-state index contributed by atoms with van der Waals surface area (Å²) in [6.07, 6.45) is 0.624. The maximum atomic E-state index is 12.6. The molecule has 9 nitrogen and oxygen atoms in total. The molecule has 1 amide bonds. The van der Waals surface area contributed by atoms with Gasteiger partial charge in [0.1, 0.15) is 5.69 Å². The van der Waals surface area contributed by atoms with E-state index >= 15 is 0 Å². The lowest BCUT2D eigenvalue weighted by Gasteiger charge is -2.35. The topological polar surface area (TPSA) is 106 Å². The van der Waals surface area contributed by atoms with Crippen molar-refractivity contribution in [1.82, 2.24) is 15.1 Å². The zero-order valence-electron chi connectivity index (χ0n) is 16.6. The van der Waals surface area contributed by atoms with E-state index in [0.29, 0.717) is 55.1 Å². The van der Waals surface area contributed by atoms with Gasteiger partial charge in [0.05, 0.1) is 4.92 Å². The first-order valence-corrected chi connectivity index (χ1v) is 10.2. The molecule has 0 atom stereocenters. The van der Waals surface area contributed by atoms with Crippen molar-refractivity contribution in [3.63, 3.8) is 0 Å². The number of carbonyl (C=O) groups excluding carboxylic acids is 1. The Morgan fingerprint density at radius 1 is 1.10 bits per heavy atom. The van der Waals surface area contributed by atoms with E-state index in [9.17, 15) is 14.9 Å². The number of aromatic nitrogens is 2. The first-order valence-electron chi connectivity index (χ1n) is 9.86. The first-order chi connectivity index (χ1) is 15.0. The summed E-state index contributed by atoms with van der Waals surface area (Å²) in [5, 5.41) is 19.7. The second-order valence-electron chi connectivity index (χ2n) is 7.12. The molecule has 0 unspecified atom stereocenters. The highest BCUT2D eigenvalue weighted by molar-refractivity contribution is 6.30. The average molecular weight is 442 g/mol. The molecule has 3 aromatic rings. The molecular weight excluding hydrogens is 422 g/mol. The van der Waals surface area contributed by atoms with Gasteiger partial charge in [-0.1, -0.05) is 29.8 Å². The third-order valence-corrected chi connectivity index (χ3v) is 5.38. The molecule has 0 bridgehead atoms. The lowest BCUT2D eigenvalue weighted by Crippen LogP contribution is -2.49. The number of hydrogen-bond acceptors (Lipinski definition) is 7. The predicted molar refractivity (Wildman–Crippen MR) is 115 cm³/mol. The minimum absolute atomic E-state index is 0.00952. The summed E-state index contributed by atoms with van der Waals surface area (Å²) in [5.41, 5.74) is 1.32. The van der Waals surface area contributed by atoms with Gasteiger partial charge in [0.15, 0.2) is 0 Å². The summed E-state index contributed by atoms with van der Waals surface area (Å²) in [6.45, 7) is 1.98. The Bertz CT molecular complexity index is 1080. The van der Waals surface area contributed by atoms with Crippen LogP contribution in [0.4, 0.5) is 11.4 Å². The van der Waals surface area contributed by atoms with E-state index in [1.807, 2.05) is 35.2 Å². The molecule has 31 heavy (non-hydrogen) atoms. The monoisotopic (exact) mass is 441 g/mol. The van der Waals surface area contributed by atoms with Crippen molar-refractivity contribution >= 4 is 28.9 Å². The zero-order chi connectivity index (χ0) is 21.8. The highest BCUT2D eigenvalue weighted by Crippen LogP contribution is 2.31. The molecule has 1 fully saturated rings. The van der Waals surface area contributed by atoms with Gasteiger partial charge >= 0.3 is 0 Å². The van der Waals surface area contributed by atoms with E-state index in [1.165, 1.54) is 6.07 Å². The van der Waals surface area contributed by atoms with Crippen molar-refractivity contribution in [3.8, 4) is 11.5 Å². The number of carbonyl (C=O) groups is 1. The van der Waals surface area contributed by atoms with E-state index in [1.54, 1.807) is 17.0 Å². The van der Waals surface area contributed by atoms with Gasteiger partial charge in [0.2, 0.25) is 17.7 Å². The molecule has 1 aliphatic rings. The van der Waals surface area contributed by atoms with Crippen LogP contribution in [0.5, 0.6) is 0 Å². The third-order valence-electron chi connectivity index (χ3n) is 5.15. The molecular formula is C21H20ClN5O4. The minimum atomic E-state index is -0.438. The van der Waals surface area contributed by atoms with Gasteiger partial charge in [-0.2, -0.15) is 0 Å². The SMILES string of the molecule is O=C(CCc1nnc(-c2ccccc2)o1)N1CCN(c2ccc(Cl)cc2[N+](=O)[O-])CC1. The van der Waals surface area contributed by atoms with Crippen LogP contribution in [-0.4, -0.2) is 52.1 Å². The van der Waals surface area contributed by atoms with Crippen LogP contribution in [0, 0.1) is 10.1 Å². The number of benzene rings is 2. The van der Waals surface area contributed by atoms with Crippen LogP contribution < -0.4 is 4.90 Å². The summed E-state index contributed by atoms with van der Waals surface area (Å²) in [7, 11) is 0. The number of piperazine rings is 1. The Labute approximate surface area is 183 Å². The van der Waals surface area contributed by atoms with Crippen molar-refractivity contribution in [2.45, 2.75) is 12.8 Å². The maximum absolute atomic E-state index is 12.6. The highest BCUT2D eigenvalue weighted by atomic mass is 35.5. The molecule has 2 heterocycles. The van der Waals surface area contributed by atoms with Crippen LogP contribution in [0.15, 0.2) is 52.9 Å². The van der Waals surface area contributed by atoms with E-state index in [2.05, 4.69) is 10.2 Å². The molecule has 0 spiro atoms. The molecule has 4 rings (SSSR count). The normalized spacial score (nSPS) is 14.0. The molecule has 1 aliphatic heterocycles. The second-order valence-corrected chi connectivity index (χ2v) is 7.56. The summed E-state index contributed by atoms with van der Waals surface area (Å²) >= 11 is 5.89. The van der Waals surface area contributed by atoms with Crippen LogP contribution in [-0.2, 0) is 11.2 Å². The van der Waals surface area contributed by atoms with E-state index in [4.69, 9.17) is 16.0 Å². The van der Waals surface area contributed by atoms with Gasteiger partial charge < -0.3 is 14.2 Å². The van der Waals surface area contributed by atoms with Gasteiger partial charge in [-0.3, -0.25) is 14.9 Å². The zero-order valence-corrected chi connectivity index (χ0v) is 17.4. The Morgan fingerprint density at radius 2 is 1.84 bits per heavy atom. The van der Waals surface area contributed by atoms with E-state index in [-0.39, 0.29) is 18.0 Å². The van der Waals surface area contributed by atoms with Gasteiger partial charge in [0, 0.05) is 55.7 Å². The number of nitro benzene ring substituents is 1. The summed E-state index contributed by atoms with van der Waals surface area (Å²) in [4.78, 5) is 27.2. The summed E-state index contributed by atoms with van der Waals surface area (Å²) in [6, 6.07) is 14.1. The molecule has 160 valence electrons.